The molecule has 2 aromatic heterocycles. The number of carbonyl (C=O) groups is 1. The number of ether oxygens (including phenoxy) is 1. The molecule has 0 aliphatic heterocycles. The molecule has 0 aliphatic rings. The molecule has 0 aliphatic carbocycles. The number of carbonyl (C=O) groups excluding carboxylic acids is 1. The molecule has 2 aromatic rings. The number of imidazole rings is 1. The van der Waals surface area contributed by atoms with Gasteiger partial charge in [0.2, 0.25) is 0 Å². The van der Waals surface area contributed by atoms with E-state index in [-0.39, 0.29) is 5.97 Å². The molecule has 2 atom stereocenters. The predicted molar refractivity (Wildman–Crippen MR) is 84.8 cm³/mol. The smallest absolute Gasteiger partial charge is 0.306 e. The Morgan fingerprint density at radius 3 is 2.95 bits per heavy atom. The second-order valence-corrected chi connectivity index (χ2v) is 6.29. The van der Waals surface area contributed by atoms with Crippen LogP contribution >= 0.6 is 15.9 Å². The molecule has 2 rings (SSSR count). The van der Waals surface area contributed by atoms with Gasteiger partial charge in [0.25, 0.3) is 0 Å². The van der Waals surface area contributed by atoms with Crippen LogP contribution in [0, 0.1) is 5.92 Å². The molecule has 114 valence electrons. The van der Waals surface area contributed by atoms with Crippen molar-refractivity contribution in [1.29, 1.82) is 0 Å². The molecule has 2 unspecified atom stereocenters. The van der Waals surface area contributed by atoms with Gasteiger partial charge in [-0.3, -0.25) is 4.79 Å². The van der Waals surface area contributed by atoms with Gasteiger partial charge in [0.05, 0.1) is 5.52 Å². The topological polar surface area (TPSA) is 67.9 Å². The minimum absolute atomic E-state index is 0.182. The zero-order valence-corrected chi connectivity index (χ0v) is 14.1. The minimum Gasteiger partial charge on any atom is -0.454 e. The van der Waals surface area contributed by atoms with Gasteiger partial charge < -0.3 is 9.72 Å². The summed E-state index contributed by atoms with van der Waals surface area (Å²) in [5.74, 6) is 0.785. The van der Waals surface area contributed by atoms with Crippen LogP contribution in [-0.2, 0) is 9.53 Å². The zero-order valence-electron chi connectivity index (χ0n) is 12.5. The van der Waals surface area contributed by atoms with Crippen LogP contribution in [0.15, 0.2) is 16.7 Å². The number of aromatic nitrogens is 3. The third-order valence-electron chi connectivity index (χ3n) is 3.31. The highest BCUT2D eigenvalue weighted by Crippen LogP contribution is 2.21. The minimum atomic E-state index is -0.403. The van der Waals surface area contributed by atoms with Gasteiger partial charge in [-0.05, 0) is 34.8 Å². The van der Waals surface area contributed by atoms with Gasteiger partial charge in [0, 0.05) is 17.1 Å². The molecule has 0 saturated heterocycles. The molecule has 0 bridgehead atoms. The highest BCUT2D eigenvalue weighted by molar-refractivity contribution is 9.10. The number of rotatable bonds is 6. The van der Waals surface area contributed by atoms with E-state index >= 15 is 0 Å². The largest absolute Gasteiger partial charge is 0.454 e. The molecule has 0 radical (unpaired) electrons. The average molecular weight is 354 g/mol. The molecule has 0 saturated carbocycles. The lowest BCUT2D eigenvalue weighted by Gasteiger charge is -2.13. The van der Waals surface area contributed by atoms with Gasteiger partial charge in [-0.2, -0.15) is 0 Å². The van der Waals surface area contributed by atoms with Crippen LogP contribution in [0.25, 0.3) is 11.2 Å². The molecule has 0 fully saturated rings. The van der Waals surface area contributed by atoms with E-state index in [1.807, 2.05) is 13.0 Å². The van der Waals surface area contributed by atoms with Crippen molar-refractivity contribution >= 4 is 33.1 Å². The summed E-state index contributed by atoms with van der Waals surface area (Å²) in [5.41, 5.74) is 1.44. The predicted octanol–water partition coefficient (Wildman–Crippen LogP) is 4.15. The Bertz CT molecular complexity index is 626. The number of esters is 1. The molecule has 21 heavy (non-hydrogen) atoms. The fourth-order valence-corrected chi connectivity index (χ4v) is 2.60. The van der Waals surface area contributed by atoms with E-state index in [1.54, 1.807) is 6.20 Å². The summed E-state index contributed by atoms with van der Waals surface area (Å²) in [7, 11) is 0. The molecular formula is C15H20BrN3O2. The summed E-state index contributed by atoms with van der Waals surface area (Å²) in [6.45, 7) is 6.00. The fourth-order valence-electron chi connectivity index (χ4n) is 2.27. The molecule has 0 spiro atoms. The number of pyridine rings is 1. The Labute approximate surface area is 132 Å². The van der Waals surface area contributed by atoms with Crippen molar-refractivity contribution in [2.45, 2.75) is 46.1 Å². The second kappa shape index (κ2) is 7.02. The van der Waals surface area contributed by atoms with E-state index in [0.29, 0.717) is 23.8 Å². The van der Waals surface area contributed by atoms with E-state index in [0.717, 1.165) is 22.8 Å². The van der Waals surface area contributed by atoms with Crippen molar-refractivity contribution in [2.75, 3.05) is 0 Å². The maximum atomic E-state index is 11.9. The van der Waals surface area contributed by atoms with Crippen LogP contribution in [0.3, 0.4) is 0 Å². The highest BCUT2D eigenvalue weighted by Gasteiger charge is 2.17. The lowest BCUT2D eigenvalue weighted by atomic mass is 10.0. The number of aromatic amines is 1. The molecule has 6 heteroatoms. The van der Waals surface area contributed by atoms with Crippen LogP contribution in [0.5, 0.6) is 0 Å². The SMILES string of the molecule is CCCC(C)CC(=O)OC(C)c1nc2ncc(Br)cc2[nH]1. The van der Waals surface area contributed by atoms with Crippen molar-refractivity contribution in [2.24, 2.45) is 5.92 Å². The summed E-state index contributed by atoms with van der Waals surface area (Å²) in [6.07, 6.45) is 3.85. The highest BCUT2D eigenvalue weighted by atomic mass is 79.9. The Balaban J connectivity index is 2.01. The van der Waals surface area contributed by atoms with Crippen molar-refractivity contribution < 1.29 is 9.53 Å². The first-order chi connectivity index (χ1) is 9.99. The van der Waals surface area contributed by atoms with Gasteiger partial charge in [0.15, 0.2) is 11.8 Å². The lowest BCUT2D eigenvalue weighted by Crippen LogP contribution is -2.13. The zero-order chi connectivity index (χ0) is 15.4. The summed E-state index contributed by atoms with van der Waals surface area (Å²) in [6, 6.07) is 1.90. The Kier molecular flexibility index (Phi) is 5.33. The van der Waals surface area contributed by atoms with E-state index in [1.165, 1.54) is 0 Å². The second-order valence-electron chi connectivity index (χ2n) is 5.38. The van der Waals surface area contributed by atoms with Gasteiger partial charge in [-0.25, -0.2) is 9.97 Å². The van der Waals surface area contributed by atoms with Crippen LogP contribution in [-0.4, -0.2) is 20.9 Å². The van der Waals surface area contributed by atoms with Crippen molar-refractivity contribution in [3.63, 3.8) is 0 Å². The number of nitrogens with zero attached hydrogens (tertiary/aromatic N) is 2. The Morgan fingerprint density at radius 1 is 1.48 bits per heavy atom. The van der Waals surface area contributed by atoms with Gasteiger partial charge >= 0.3 is 5.97 Å². The van der Waals surface area contributed by atoms with Gasteiger partial charge in [0.1, 0.15) is 5.82 Å². The normalized spacial score (nSPS) is 14.1. The molecular weight excluding hydrogens is 334 g/mol. The van der Waals surface area contributed by atoms with Crippen molar-refractivity contribution in [3.8, 4) is 0 Å². The summed E-state index contributed by atoms with van der Waals surface area (Å²) in [4.78, 5) is 23.6. The Hall–Kier alpha value is -1.43. The van der Waals surface area contributed by atoms with E-state index in [9.17, 15) is 4.79 Å². The number of nitrogens with one attached hydrogen (secondary N) is 1. The average Bonchev–Trinajstić information content (AvgIpc) is 2.81. The molecule has 0 aromatic carbocycles. The van der Waals surface area contributed by atoms with E-state index in [2.05, 4.69) is 44.7 Å². The van der Waals surface area contributed by atoms with Crippen molar-refractivity contribution in [3.05, 3.63) is 22.6 Å². The molecule has 2 heterocycles. The standard InChI is InChI=1S/C15H20BrN3O2/c1-4-5-9(2)6-13(20)21-10(3)14-18-12-7-11(16)8-17-15(12)19-14/h7-10H,4-6H2,1-3H3,(H,17,18,19). The summed E-state index contributed by atoms with van der Waals surface area (Å²) >= 11 is 3.37. The maximum Gasteiger partial charge on any atom is 0.306 e. The monoisotopic (exact) mass is 353 g/mol. The summed E-state index contributed by atoms with van der Waals surface area (Å²) < 4.78 is 6.32. The third kappa shape index (κ3) is 4.27. The maximum absolute atomic E-state index is 11.9. The van der Waals surface area contributed by atoms with E-state index in [4.69, 9.17) is 4.74 Å². The Morgan fingerprint density at radius 2 is 2.24 bits per heavy atom. The number of halogens is 1. The first-order valence-corrected chi connectivity index (χ1v) is 7.99. The first-order valence-electron chi connectivity index (χ1n) is 7.20. The van der Waals surface area contributed by atoms with Gasteiger partial charge in [-0.15, -0.1) is 0 Å². The lowest BCUT2D eigenvalue weighted by molar-refractivity contribution is -0.150. The van der Waals surface area contributed by atoms with E-state index < -0.39 is 6.10 Å². The number of fused-ring (bicyclic) bond motifs is 1. The van der Waals surface area contributed by atoms with Crippen LogP contribution < -0.4 is 0 Å². The summed E-state index contributed by atoms with van der Waals surface area (Å²) in [5, 5.41) is 0. The van der Waals surface area contributed by atoms with Gasteiger partial charge in [-0.1, -0.05) is 26.7 Å². The van der Waals surface area contributed by atoms with Crippen LogP contribution in [0.2, 0.25) is 0 Å². The number of hydrogen-bond donors (Lipinski definition) is 1. The number of hydrogen-bond acceptors (Lipinski definition) is 4. The first kappa shape index (κ1) is 15.9. The molecule has 5 nitrogen and oxygen atoms in total. The van der Waals surface area contributed by atoms with Crippen LogP contribution in [0.4, 0.5) is 0 Å². The van der Waals surface area contributed by atoms with Crippen molar-refractivity contribution in [1.82, 2.24) is 15.0 Å². The third-order valence-corrected chi connectivity index (χ3v) is 3.75. The van der Waals surface area contributed by atoms with Crippen LogP contribution in [0.1, 0.15) is 52.0 Å². The quantitative estimate of drug-likeness (QED) is 0.792. The molecule has 0 amide bonds. The molecule has 1 N–H and O–H groups in total. The number of H-pyrrole nitrogens is 1. The fraction of sp³-hybridized carbons (Fsp3) is 0.533.